The maximum absolute atomic E-state index is 11.0. The fourth-order valence-corrected chi connectivity index (χ4v) is 5.48. The highest BCUT2D eigenvalue weighted by Crippen LogP contribution is 2.29. The molecule has 41 heavy (non-hydrogen) atoms. The molecule has 0 radical (unpaired) electrons. The minimum atomic E-state index is -1.22. The number of halogens is 5. The average Bonchev–Trinajstić information content (AvgIpc) is 2.89. The lowest BCUT2D eigenvalue weighted by Crippen LogP contribution is -2.10. The highest BCUT2D eigenvalue weighted by Gasteiger charge is 2.17. The molecule has 4 aromatic rings. The van der Waals surface area contributed by atoms with Gasteiger partial charge in [-0.1, -0.05) is 70.1 Å². The largest absolute Gasteiger partial charge is 0.475 e. The summed E-state index contributed by atoms with van der Waals surface area (Å²) in [6.45, 7) is 3.45. The van der Waals surface area contributed by atoms with Gasteiger partial charge in [0, 0.05) is 55.4 Å². The first-order chi connectivity index (χ1) is 19.3. The number of aromatic carboxylic acids is 2. The van der Waals surface area contributed by atoms with Crippen LogP contribution in [0.15, 0.2) is 41.4 Å². The van der Waals surface area contributed by atoms with Gasteiger partial charge in [0.2, 0.25) is 11.6 Å². The van der Waals surface area contributed by atoms with E-state index in [-0.39, 0.29) is 16.8 Å². The van der Waals surface area contributed by atoms with Crippen LogP contribution in [0.5, 0.6) is 0 Å². The van der Waals surface area contributed by atoms with Crippen molar-refractivity contribution in [1.82, 2.24) is 19.9 Å². The van der Waals surface area contributed by atoms with E-state index < -0.39 is 11.9 Å². The Labute approximate surface area is 265 Å². The van der Waals surface area contributed by atoms with E-state index >= 15 is 0 Å². The van der Waals surface area contributed by atoms with Crippen LogP contribution in [0.4, 0.5) is 0 Å². The van der Waals surface area contributed by atoms with Crippen LogP contribution in [0.3, 0.4) is 0 Å². The quantitative estimate of drug-likeness (QED) is 0.148. The summed E-state index contributed by atoms with van der Waals surface area (Å²) in [6, 6.07) is 10.4. The molecule has 0 atom stereocenters. The molecule has 0 aliphatic carbocycles. The molecule has 0 saturated heterocycles. The fourth-order valence-electron chi connectivity index (χ4n) is 3.61. The van der Waals surface area contributed by atoms with Crippen LogP contribution in [-0.2, 0) is 12.8 Å². The molecule has 2 aromatic carbocycles. The number of carboxylic acid groups (broad SMARTS) is 2. The lowest BCUT2D eigenvalue weighted by atomic mass is 10.1. The minimum absolute atomic E-state index is 0.112. The molecule has 214 valence electrons. The number of carbonyl (C=O) groups is 2. The molecule has 2 heterocycles. The summed E-state index contributed by atoms with van der Waals surface area (Å²) in [5.41, 5.74) is 4.36. The number of carboxylic acids is 2. The van der Waals surface area contributed by atoms with Gasteiger partial charge in [-0.25, -0.2) is 29.5 Å². The first-order valence-electron chi connectivity index (χ1n) is 11.6. The summed E-state index contributed by atoms with van der Waals surface area (Å²) in [7, 11) is 0. The van der Waals surface area contributed by atoms with Gasteiger partial charge < -0.3 is 10.2 Å². The zero-order valence-corrected chi connectivity index (χ0v) is 26.3. The Morgan fingerprint density at radius 3 is 1.56 bits per heavy atom. The molecule has 0 spiro atoms. The van der Waals surface area contributed by atoms with Gasteiger partial charge in [-0.3, -0.25) is 0 Å². The van der Waals surface area contributed by atoms with Crippen LogP contribution in [0.25, 0.3) is 0 Å². The predicted octanol–water partition coefficient (Wildman–Crippen LogP) is 8.14. The summed E-state index contributed by atoms with van der Waals surface area (Å²) in [5, 5.41) is 20.8. The fraction of sp³-hybridized carbons (Fsp3) is 0.185. The molecular formula is C27H21Cl5N4O4S. The predicted molar refractivity (Wildman–Crippen MR) is 163 cm³/mol. The normalized spacial score (nSPS) is 10.6. The van der Waals surface area contributed by atoms with Crippen LogP contribution in [0.2, 0.25) is 25.2 Å². The lowest BCUT2D eigenvalue weighted by Gasteiger charge is -2.12. The highest BCUT2D eigenvalue weighted by atomic mass is 35.5. The second-order valence-electron chi connectivity index (χ2n) is 8.46. The molecular weight excluding hydrogens is 654 g/mol. The topological polar surface area (TPSA) is 126 Å². The lowest BCUT2D eigenvalue weighted by molar-refractivity contribution is 0.0672. The van der Waals surface area contributed by atoms with Crippen molar-refractivity contribution >= 4 is 81.7 Å². The van der Waals surface area contributed by atoms with Crippen LogP contribution in [0.1, 0.15) is 54.9 Å². The number of hydrogen-bond acceptors (Lipinski definition) is 7. The third kappa shape index (κ3) is 8.67. The third-order valence-corrected chi connectivity index (χ3v) is 7.89. The molecule has 0 aliphatic rings. The molecule has 0 saturated carbocycles. The van der Waals surface area contributed by atoms with E-state index in [1.54, 1.807) is 44.2 Å². The van der Waals surface area contributed by atoms with Gasteiger partial charge in [0.25, 0.3) is 0 Å². The Kier molecular flexibility index (Phi) is 11.6. The Morgan fingerprint density at radius 1 is 0.707 bits per heavy atom. The highest BCUT2D eigenvalue weighted by molar-refractivity contribution is 7.98. The zero-order chi connectivity index (χ0) is 30.4. The number of aromatic nitrogens is 4. The van der Waals surface area contributed by atoms with Crippen LogP contribution >= 0.6 is 69.8 Å². The Hall–Kier alpha value is -2.66. The first-order valence-corrected chi connectivity index (χ1v) is 14.7. The Balaban J connectivity index is 0.000000226. The monoisotopic (exact) mass is 672 g/mol. The molecule has 0 unspecified atom stereocenters. The van der Waals surface area contributed by atoms with Crippen molar-refractivity contribution in [1.29, 1.82) is 0 Å². The van der Waals surface area contributed by atoms with E-state index in [9.17, 15) is 9.59 Å². The number of nitrogens with zero attached hydrogens (tertiary/aromatic N) is 4. The maximum atomic E-state index is 11.0. The summed E-state index contributed by atoms with van der Waals surface area (Å²) in [4.78, 5) is 37.6. The molecule has 2 aromatic heterocycles. The molecule has 0 amide bonds. The van der Waals surface area contributed by atoms with E-state index in [1.807, 2.05) is 12.3 Å². The Morgan fingerprint density at radius 2 is 1.15 bits per heavy atom. The van der Waals surface area contributed by atoms with E-state index in [2.05, 4.69) is 19.9 Å². The van der Waals surface area contributed by atoms with Crippen LogP contribution < -0.4 is 0 Å². The van der Waals surface area contributed by atoms with Crippen LogP contribution in [-0.4, -0.2) is 48.3 Å². The first kappa shape index (κ1) is 32.8. The van der Waals surface area contributed by atoms with Crippen molar-refractivity contribution in [3.05, 3.63) is 107 Å². The molecule has 2 N–H and O–H groups in total. The van der Waals surface area contributed by atoms with Crippen molar-refractivity contribution in [2.75, 3.05) is 6.26 Å². The van der Waals surface area contributed by atoms with Crippen molar-refractivity contribution < 1.29 is 19.8 Å². The van der Waals surface area contributed by atoms with Crippen molar-refractivity contribution in [2.45, 2.75) is 31.7 Å². The van der Waals surface area contributed by atoms with Gasteiger partial charge in [0.05, 0.1) is 0 Å². The van der Waals surface area contributed by atoms with Gasteiger partial charge in [-0.05, 0) is 55.5 Å². The summed E-state index contributed by atoms with van der Waals surface area (Å²) < 4.78 is 0. The molecule has 0 bridgehead atoms. The number of thioether (sulfide) groups is 1. The van der Waals surface area contributed by atoms with E-state index in [4.69, 9.17) is 68.2 Å². The molecule has 0 fully saturated rings. The molecule has 14 heteroatoms. The summed E-state index contributed by atoms with van der Waals surface area (Å²) in [5.74, 6) is -2.86. The average molecular weight is 675 g/mol. The van der Waals surface area contributed by atoms with Gasteiger partial charge >= 0.3 is 11.9 Å². The minimum Gasteiger partial charge on any atom is -0.475 e. The van der Waals surface area contributed by atoms with Gasteiger partial charge in [-0.15, -0.1) is 11.8 Å². The van der Waals surface area contributed by atoms with E-state index in [0.29, 0.717) is 54.9 Å². The van der Waals surface area contributed by atoms with Crippen molar-refractivity contribution in [3.8, 4) is 0 Å². The van der Waals surface area contributed by atoms with E-state index in [1.165, 1.54) is 11.8 Å². The standard InChI is InChI=1S/C14H12Cl2N2O2S.C13H9Cl3N2O2/c1-7-10(5-8-3-4-9(15)6-11(8)16)13(21-2)18-12(17-7)14(19)20;1-6-9(11(16)18-12(17-6)13(19)20)4-7-2-3-8(14)5-10(7)15/h3-4,6H,5H2,1-2H3,(H,19,20);2-3,5H,4H2,1H3,(H,19,20). The Bertz CT molecular complexity index is 1620. The smallest absolute Gasteiger partial charge is 0.373 e. The van der Waals surface area contributed by atoms with E-state index in [0.717, 1.165) is 16.7 Å². The second kappa shape index (κ2) is 14.5. The zero-order valence-electron chi connectivity index (χ0n) is 21.7. The number of hydrogen-bond donors (Lipinski definition) is 2. The summed E-state index contributed by atoms with van der Waals surface area (Å²) in [6.07, 6.45) is 2.78. The van der Waals surface area contributed by atoms with Gasteiger partial charge in [0.1, 0.15) is 10.2 Å². The number of benzene rings is 2. The third-order valence-electron chi connectivity index (χ3n) is 5.68. The van der Waals surface area contributed by atoms with Gasteiger partial charge in [-0.2, -0.15) is 0 Å². The van der Waals surface area contributed by atoms with Gasteiger partial charge in [0.15, 0.2) is 0 Å². The summed E-state index contributed by atoms with van der Waals surface area (Å²) >= 11 is 31.4. The second-order valence-corrected chi connectivity index (χ2v) is 11.3. The maximum Gasteiger partial charge on any atom is 0.373 e. The number of aryl methyl sites for hydroxylation is 2. The molecule has 4 rings (SSSR count). The van der Waals surface area contributed by atoms with Crippen molar-refractivity contribution in [3.63, 3.8) is 0 Å². The van der Waals surface area contributed by atoms with Crippen molar-refractivity contribution in [2.24, 2.45) is 0 Å². The SMILES string of the molecule is CSc1nc(C(=O)O)nc(C)c1Cc1ccc(Cl)cc1Cl.Cc1nc(C(=O)O)nc(Cl)c1Cc1ccc(Cl)cc1Cl. The molecule has 8 nitrogen and oxygen atoms in total. The number of rotatable bonds is 7. The molecule has 0 aliphatic heterocycles. The van der Waals surface area contributed by atoms with Crippen LogP contribution in [0, 0.1) is 13.8 Å².